The van der Waals surface area contributed by atoms with Crippen molar-refractivity contribution in [3.05, 3.63) is 24.3 Å². The molecule has 300 valence electrons. The Labute approximate surface area is 315 Å². The average molecular weight is 741 g/mol. The Morgan fingerprint density at radius 1 is 0.510 bits per heavy atom. The summed E-state index contributed by atoms with van der Waals surface area (Å²) in [6.07, 6.45) is 37.5. The first-order valence-corrected chi connectivity index (χ1v) is 22.8. The van der Waals surface area contributed by atoms with Crippen LogP contribution >= 0.6 is 7.60 Å². The van der Waals surface area contributed by atoms with Gasteiger partial charge in [0.1, 0.15) is 0 Å². The minimum Gasteiger partial charge on any atom is -0.369 e. The van der Waals surface area contributed by atoms with Gasteiger partial charge in [0.25, 0.3) is 0 Å². The van der Waals surface area contributed by atoms with E-state index in [2.05, 4.69) is 38.2 Å². The maximum atomic E-state index is 13.9. The van der Waals surface area contributed by atoms with Crippen molar-refractivity contribution in [2.75, 3.05) is 21.1 Å². The third-order valence-electron chi connectivity index (χ3n) is 10.8. The van der Waals surface area contributed by atoms with Gasteiger partial charge >= 0.3 is 7.60 Å². The molecule has 1 atom stereocenters. The van der Waals surface area contributed by atoms with E-state index in [4.69, 9.17) is 0 Å². The number of rotatable bonds is 36. The third kappa shape index (κ3) is 19.2. The quantitative estimate of drug-likeness (QED) is 0.0194. The molecule has 0 aliphatic heterocycles. The molecule has 0 aromatic heterocycles. The summed E-state index contributed by atoms with van der Waals surface area (Å²) in [6, 6.07) is 0. The van der Waals surface area contributed by atoms with Crippen molar-refractivity contribution in [3.63, 3.8) is 0 Å². The van der Waals surface area contributed by atoms with Crippen LogP contribution in [0.15, 0.2) is 24.3 Å². The summed E-state index contributed by atoms with van der Waals surface area (Å²) in [7, 11) is -0.478. The molecule has 0 heterocycles. The number of aliphatic hydroxyl groups is 1. The van der Waals surface area contributed by atoms with Crippen LogP contribution in [0, 0.1) is 0 Å². The first-order chi connectivity index (χ1) is 24.3. The largest absolute Gasteiger partial charge is 0.389 e. The topological polar surface area (TPSA) is 112 Å². The number of quaternary nitrogens is 1. The number of carbonyl (C=O) groups excluding carboxylic acids is 2. The normalized spacial score (nSPS) is 14.1. The lowest BCUT2D eigenvalue weighted by molar-refractivity contribution is -0.914. The summed E-state index contributed by atoms with van der Waals surface area (Å²) in [5.74, 6) is -1.51. The average Bonchev–Trinajstić information content (AvgIpc) is 3.07. The molecule has 0 aromatic rings. The second-order valence-corrected chi connectivity index (χ2v) is 17.8. The highest BCUT2D eigenvalue weighted by molar-refractivity contribution is 7.53. The Morgan fingerprint density at radius 2 is 0.784 bits per heavy atom. The van der Waals surface area contributed by atoms with Crippen molar-refractivity contribution in [2.45, 2.75) is 218 Å². The lowest BCUT2D eigenvalue weighted by Gasteiger charge is -2.52. The van der Waals surface area contributed by atoms with E-state index in [1.54, 1.807) is 28.1 Å². The first kappa shape index (κ1) is 49.9. The SMILES string of the molecule is CCCCCCCC/C=C\CCCCCCCC(=O)C(O)(C(=O)CCCCCCC/C=C\CCCCCCCC)C(CC)([N+](C)(C)C)P(=O)(O)O. The number of hydrogen-bond acceptors (Lipinski definition) is 4. The Hall–Kier alpha value is -1.11. The van der Waals surface area contributed by atoms with Crippen LogP contribution in [0.1, 0.15) is 207 Å². The molecule has 0 radical (unpaired) electrons. The number of ketones is 2. The van der Waals surface area contributed by atoms with Crippen LogP contribution in [0.5, 0.6) is 0 Å². The van der Waals surface area contributed by atoms with E-state index in [9.17, 15) is 29.0 Å². The van der Waals surface area contributed by atoms with E-state index in [1.165, 1.54) is 77.0 Å². The molecule has 0 aliphatic carbocycles. The van der Waals surface area contributed by atoms with Gasteiger partial charge in [0.15, 0.2) is 11.6 Å². The van der Waals surface area contributed by atoms with Crippen LogP contribution in [-0.2, 0) is 14.2 Å². The van der Waals surface area contributed by atoms with Gasteiger partial charge in [0.2, 0.25) is 10.9 Å². The first-order valence-electron chi connectivity index (χ1n) is 21.2. The Kier molecular flexibility index (Phi) is 28.6. The number of Topliss-reactive ketones (excluding diaryl/α,β-unsaturated/α-hetero) is 2. The van der Waals surface area contributed by atoms with Crippen LogP contribution < -0.4 is 0 Å². The van der Waals surface area contributed by atoms with Crippen LogP contribution in [0.25, 0.3) is 0 Å². The van der Waals surface area contributed by atoms with Crippen molar-refractivity contribution < 1.29 is 33.5 Å². The van der Waals surface area contributed by atoms with Crippen LogP contribution in [0.4, 0.5) is 0 Å². The molecule has 0 rings (SSSR count). The number of likely N-dealkylation sites (N-methyl/N-ethyl adjacent to an activating group) is 1. The molecule has 0 fully saturated rings. The van der Waals surface area contributed by atoms with Gasteiger partial charge < -0.3 is 19.4 Å². The van der Waals surface area contributed by atoms with Gasteiger partial charge in [-0.05, 0) is 64.2 Å². The highest BCUT2D eigenvalue weighted by atomic mass is 31.2. The lowest BCUT2D eigenvalue weighted by Crippen LogP contribution is -2.74. The molecule has 0 aliphatic rings. The zero-order chi connectivity index (χ0) is 38.5. The summed E-state index contributed by atoms with van der Waals surface area (Å²) in [4.78, 5) is 49.2. The van der Waals surface area contributed by atoms with E-state index in [0.717, 1.165) is 77.0 Å². The van der Waals surface area contributed by atoms with Gasteiger partial charge in [-0.3, -0.25) is 14.2 Å². The molecule has 0 bridgehead atoms. The van der Waals surface area contributed by atoms with Gasteiger partial charge in [-0.15, -0.1) is 0 Å². The monoisotopic (exact) mass is 741 g/mol. The Bertz CT molecular complexity index is 945. The minimum absolute atomic E-state index is 0.0749. The van der Waals surface area contributed by atoms with Crippen molar-refractivity contribution in [2.24, 2.45) is 0 Å². The zero-order valence-electron chi connectivity index (χ0n) is 34.3. The fourth-order valence-electron chi connectivity index (χ4n) is 7.70. The minimum atomic E-state index is -5.14. The standard InChI is InChI=1S/C43H82NO6P/c1-7-10-12-14-16-18-20-22-24-26-28-30-32-34-36-38-40(45)43(47,42(9-3,44(4,5)6)51(48,49)50)41(46)39-37-35-33-31-29-27-25-23-21-19-17-15-13-11-8-2/h22-25,47H,7-21,26-39H2,1-6H3,(H-,48,49,50)/p+1/b24-22-,25-23-. The summed E-state index contributed by atoms with van der Waals surface area (Å²) < 4.78 is 12.8. The molecule has 8 heteroatoms. The van der Waals surface area contributed by atoms with Crippen LogP contribution in [0.2, 0.25) is 0 Å². The van der Waals surface area contributed by atoms with E-state index < -0.39 is 34.5 Å². The number of allylic oxidation sites excluding steroid dienone is 4. The fourth-order valence-corrected chi connectivity index (χ4v) is 9.56. The van der Waals surface area contributed by atoms with E-state index in [-0.39, 0.29) is 19.3 Å². The molecule has 7 nitrogen and oxygen atoms in total. The summed E-state index contributed by atoms with van der Waals surface area (Å²) in [6.45, 7) is 6.04. The predicted octanol–water partition coefficient (Wildman–Crippen LogP) is 11.9. The van der Waals surface area contributed by atoms with Crippen molar-refractivity contribution in [1.29, 1.82) is 0 Å². The molecule has 0 aromatic carbocycles. The molecule has 1 unspecified atom stereocenters. The van der Waals surface area contributed by atoms with E-state index in [0.29, 0.717) is 12.8 Å². The highest BCUT2D eigenvalue weighted by Crippen LogP contribution is 2.62. The third-order valence-corrected chi connectivity index (χ3v) is 13.0. The molecular formula is C43H83NO6P+. The Balaban J connectivity index is 4.93. The van der Waals surface area contributed by atoms with Crippen molar-refractivity contribution in [3.8, 4) is 0 Å². The number of carbonyl (C=O) groups is 2. The zero-order valence-corrected chi connectivity index (χ0v) is 35.2. The second kappa shape index (κ2) is 29.3. The predicted molar refractivity (Wildman–Crippen MR) is 217 cm³/mol. The van der Waals surface area contributed by atoms with Crippen LogP contribution in [-0.4, -0.2) is 63.0 Å². The van der Waals surface area contributed by atoms with Gasteiger partial charge in [0.05, 0.1) is 21.1 Å². The summed E-state index contributed by atoms with van der Waals surface area (Å²) in [5.41, 5.74) is -2.76. The van der Waals surface area contributed by atoms with Crippen molar-refractivity contribution in [1.82, 2.24) is 0 Å². The maximum absolute atomic E-state index is 13.9. The fraction of sp³-hybridized carbons (Fsp3) is 0.860. The summed E-state index contributed by atoms with van der Waals surface area (Å²) >= 11 is 0. The van der Waals surface area contributed by atoms with Gasteiger partial charge in [0, 0.05) is 19.3 Å². The number of unbranched alkanes of at least 4 members (excludes halogenated alkanes) is 22. The Morgan fingerprint density at radius 3 is 1.04 bits per heavy atom. The highest BCUT2D eigenvalue weighted by Gasteiger charge is 2.74. The van der Waals surface area contributed by atoms with E-state index >= 15 is 0 Å². The molecule has 3 N–H and O–H groups in total. The molecule has 0 amide bonds. The molecule has 0 spiro atoms. The number of hydrogen-bond donors (Lipinski definition) is 3. The molecule has 0 saturated carbocycles. The molecule has 51 heavy (non-hydrogen) atoms. The van der Waals surface area contributed by atoms with Gasteiger partial charge in [-0.25, -0.2) is 0 Å². The van der Waals surface area contributed by atoms with Gasteiger partial charge in [-0.2, -0.15) is 0 Å². The van der Waals surface area contributed by atoms with Gasteiger partial charge in [-0.1, -0.05) is 148 Å². The van der Waals surface area contributed by atoms with Crippen LogP contribution in [0.3, 0.4) is 0 Å². The molecular weight excluding hydrogens is 657 g/mol. The number of nitrogens with zero attached hydrogens (tertiary/aromatic N) is 1. The molecule has 0 saturated heterocycles. The van der Waals surface area contributed by atoms with E-state index in [1.807, 2.05) is 0 Å². The van der Waals surface area contributed by atoms with Crippen molar-refractivity contribution >= 4 is 19.2 Å². The summed E-state index contributed by atoms with van der Waals surface area (Å²) in [5, 5.41) is 9.87. The smallest absolute Gasteiger partial charge is 0.369 e. The second-order valence-electron chi connectivity index (χ2n) is 16.0. The lowest BCUT2D eigenvalue weighted by atomic mass is 9.77. The maximum Gasteiger partial charge on any atom is 0.389 e.